The molecular formula is C10H13N2O. The van der Waals surface area contributed by atoms with E-state index < -0.39 is 6.03 Å². The molecule has 3 nitrogen and oxygen atoms in total. The third kappa shape index (κ3) is 2.78. The smallest absolute Gasteiger partial charge is 0.315 e. The number of hydrogen-bond acceptors (Lipinski definition) is 1. The molecule has 2 N–H and O–H groups in total. The Morgan fingerprint density at radius 3 is 2.46 bits per heavy atom. The molecule has 1 aromatic rings. The lowest BCUT2D eigenvalue weighted by Gasteiger charge is -2.17. The Hall–Kier alpha value is -1.51. The van der Waals surface area contributed by atoms with Crippen LogP contribution in [0.2, 0.25) is 0 Å². The molecule has 0 aliphatic carbocycles. The summed E-state index contributed by atoms with van der Waals surface area (Å²) in [6, 6.07) is 9.26. The van der Waals surface area contributed by atoms with Gasteiger partial charge in [-0.2, -0.15) is 0 Å². The van der Waals surface area contributed by atoms with Crippen LogP contribution in [0.3, 0.4) is 0 Å². The first-order chi connectivity index (χ1) is 6.24. The van der Waals surface area contributed by atoms with Gasteiger partial charge in [0, 0.05) is 13.1 Å². The molecule has 1 radical (unpaired) electrons. The predicted octanol–water partition coefficient (Wildman–Crippen LogP) is 1.40. The molecule has 13 heavy (non-hydrogen) atoms. The maximum Gasteiger partial charge on any atom is 0.315 e. The zero-order valence-corrected chi connectivity index (χ0v) is 7.44. The van der Waals surface area contributed by atoms with Crippen molar-refractivity contribution in [3.63, 3.8) is 0 Å². The Balaban J connectivity index is 2.62. The highest BCUT2D eigenvalue weighted by Crippen LogP contribution is 2.03. The van der Waals surface area contributed by atoms with Crippen molar-refractivity contribution in [1.82, 2.24) is 4.90 Å². The number of benzene rings is 1. The molecule has 3 heteroatoms. The first-order valence-corrected chi connectivity index (χ1v) is 4.11. The number of primary amides is 1. The van der Waals surface area contributed by atoms with Gasteiger partial charge in [0.05, 0.1) is 0 Å². The summed E-state index contributed by atoms with van der Waals surface area (Å²) in [5.74, 6) is 0. The summed E-state index contributed by atoms with van der Waals surface area (Å²) in [6.45, 7) is 4.55. The fourth-order valence-corrected chi connectivity index (χ4v) is 1.07. The molecule has 0 aromatic heterocycles. The zero-order valence-electron chi connectivity index (χ0n) is 7.44. The van der Waals surface area contributed by atoms with Crippen molar-refractivity contribution in [3.05, 3.63) is 42.8 Å². The van der Waals surface area contributed by atoms with E-state index in [-0.39, 0.29) is 0 Å². The quantitative estimate of drug-likeness (QED) is 0.745. The van der Waals surface area contributed by atoms with Crippen molar-refractivity contribution in [1.29, 1.82) is 0 Å². The number of hydrogen-bond donors (Lipinski definition) is 1. The van der Waals surface area contributed by atoms with E-state index in [1.807, 2.05) is 30.3 Å². The minimum absolute atomic E-state index is 0.393. The van der Waals surface area contributed by atoms with Crippen molar-refractivity contribution in [2.24, 2.45) is 5.73 Å². The summed E-state index contributed by atoms with van der Waals surface area (Å²) in [7, 11) is 0. The number of urea groups is 1. The van der Waals surface area contributed by atoms with Gasteiger partial charge < -0.3 is 10.6 Å². The summed E-state index contributed by atoms with van der Waals surface area (Å²) < 4.78 is 0. The maximum absolute atomic E-state index is 10.8. The van der Waals surface area contributed by atoms with Crippen molar-refractivity contribution in [3.8, 4) is 0 Å². The number of nitrogens with two attached hydrogens (primary N) is 1. The minimum Gasteiger partial charge on any atom is -0.351 e. The van der Waals surface area contributed by atoms with Crippen LogP contribution in [0.1, 0.15) is 5.56 Å². The maximum atomic E-state index is 10.8. The topological polar surface area (TPSA) is 46.3 Å². The number of rotatable bonds is 3. The van der Waals surface area contributed by atoms with Gasteiger partial charge in [-0.25, -0.2) is 4.79 Å². The monoisotopic (exact) mass is 177 g/mol. The second-order valence-corrected chi connectivity index (χ2v) is 2.75. The lowest BCUT2D eigenvalue weighted by Crippen LogP contribution is -2.34. The van der Waals surface area contributed by atoms with Gasteiger partial charge in [0.1, 0.15) is 0 Å². The molecular weight excluding hydrogens is 164 g/mol. The Kier molecular flexibility index (Phi) is 3.31. The second-order valence-electron chi connectivity index (χ2n) is 2.75. The molecule has 0 atom stereocenters. The highest BCUT2D eigenvalue weighted by atomic mass is 16.2. The van der Waals surface area contributed by atoms with E-state index in [4.69, 9.17) is 5.73 Å². The van der Waals surface area contributed by atoms with Crippen molar-refractivity contribution < 1.29 is 4.79 Å². The van der Waals surface area contributed by atoms with Gasteiger partial charge in [-0.3, -0.25) is 0 Å². The molecule has 0 unspecified atom stereocenters. The minimum atomic E-state index is -0.432. The fraction of sp³-hybridized carbons (Fsp3) is 0.200. The van der Waals surface area contributed by atoms with Gasteiger partial charge in [-0.1, -0.05) is 30.3 Å². The molecule has 0 saturated carbocycles. The number of carbonyl (C=O) groups is 1. The largest absolute Gasteiger partial charge is 0.351 e. The van der Waals surface area contributed by atoms with Crippen LogP contribution in [0.4, 0.5) is 4.79 Å². The Bertz CT molecular complexity index is 272. The van der Waals surface area contributed by atoms with E-state index >= 15 is 0 Å². The van der Waals surface area contributed by atoms with Gasteiger partial charge in [0.15, 0.2) is 0 Å². The Morgan fingerprint density at radius 1 is 1.38 bits per heavy atom. The lowest BCUT2D eigenvalue weighted by atomic mass is 10.2. The van der Waals surface area contributed by atoms with E-state index in [1.54, 1.807) is 0 Å². The molecule has 0 spiro atoms. The van der Waals surface area contributed by atoms with Crippen molar-refractivity contribution in [2.45, 2.75) is 6.54 Å². The van der Waals surface area contributed by atoms with Crippen LogP contribution in [-0.4, -0.2) is 17.5 Å². The summed E-state index contributed by atoms with van der Waals surface area (Å²) in [4.78, 5) is 12.3. The van der Waals surface area contributed by atoms with Crippen LogP contribution in [0.25, 0.3) is 0 Å². The first-order valence-electron chi connectivity index (χ1n) is 4.11. The standard InChI is InChI=1S/C10H13N2O/c1-2-12(10(11)13)8-9-6-4-3-5-7-9/h3-7H,1-2,8H2,(H2,11,13). The van der Waals surface area contributed by atoms with Crippen LogP contribution in [0.15, 0.2) is 30.3 Å². The molecule has 0 bridgehead atoms. The average Bonchev–Trinajstić information content (AvgIpc) is 2.15. The van der Waals surface area contributed by atoms with Gasteiger partial charge in [0.25, 0.3) is 0 Å². The highest BCUT2D eigenvalue weighted by Gasteiger charge is 2.06. The van der Waals surface area contributed by atoms with Crippen LogP contribution in [0.5, 0.6) is 0 Å². The number of nitrogens with zero attached hydrogens (tertiary/aromatic N) is 1. The molecule has 0 saturated heterocycles. The summed E-state index contributed by atoms with van der Waals surface area (Å²) >= 11 is 0. The van der Waals surface area contributed by atoms with Crippen molar-refractivity contribution >= 4 is 6.03 Å². The molecule has 0 heterocycles. The SMILES string of the molecule is [CH2]CN(Cc1ccccc1)C(N)=O. The summed E-state index contributed by atoms with van der Waals surface area (Å²) in [5, 5.41) is 0. The summed E-state index contributed by atoms with van der Waals surface area (Å²) in [5.41, 5.74) is 6.20. The predicted molar refractivity (Wildman–Crippen MR) is 51.8 cm³/mol. The Morgan fingerprint density at radius 2 is 2.00 bits per heavy atom. The summed E-state index contributed by atoms with van der Waals surface area (Å²) in [6.07, 6.45) is 0. The molecule has 0 aliphatic rings. The van der Waals surface area contributed by atoms with Gasteiger partial charge in [-0.05, 0) is 12.5 Å². The van der Waals surface area contributed by atoms with Crippen LogP contribution >= 0.6 is 0 Å². The van der Waals surface area contributed by atoms with Gasteiger partial charge in [0.2, 0.25) is 0 Å². The van der Waals surface area contributed by atoms with E-state index in [0.717, 1.165) is 5.56 Å². The van der Waals surface area contributed by atoms with Gasteiger partial charge >= 0.3 is 6.03 Å². The van der Waals surface area contributed by atoms with Crippen LogP contribution < -0.4 is 5.73 Å². The molecule has 69 valence electrons. The lowest BCUT2D eigenvalue weighted by molar-refractivity contribution is 0.210. The number of carbonyl (C=O) groups excluding carboxylic acids is 1. The van der Waals surface area contributed by atoms with Crippen LogP contribution in [0, 0.1) is 6.92 Å². The molecule has 0 aliphatic heterocycles. The second kappa shape index (κ2) is 4.50. The molecule has 1 rings (SSSR count). The van der Waals surface area contributed by atoms with Crippen LogP contribution in [-0.2, 0) is 6.54 Å². The average molecular weight is 177 g/mol. The zero-order chi connectivity index (χ0) is 9.68. The first kappa shape index (κ1) is 9.58. The molecule has 2 amide bonds. The third-order valence-electron chi connectivity index (χ3n) is 1.80. The highest BCUT2D eigenvalue weighted by molar-refractivity contribution is 5.72. The normalized spacial score (nSPS) is 9.62. The van der Waals surface area contributed by atoms with E-state index in [2.05, 4.69) is 6.92 Å². The molecule has 0 fully saturated rings. The Labute approximate surface area is 78.2 Å². The third-order valence-corrected chi connectivity index (χ3v) is 1.80. The fourth-order valence-electron chi connectivity index (χ4n) is 1.07. The number of amides is 2. The van der Waals surface area contributed by atoms with E-state index in [0.29, 0.717) is 13.1 Å². The van der Waals surface area contributed by atoms with E-state index in [1.165, 1.54) is 4.90 Å². The van der Waals surface area contributed by atoms with E-state index in [9.17, 15) is 4.79 Å². The van der Waals surface area contributed by atoms with Gasteiger partial charge in [-0.15, -0.1) is 0 Å². The molecule has 1 aromatic carbocycles. The van der Waals surface area contributed by atoms with Crippen molar-refractivity contribution in [2.75, 3.05) is 6.54 Å².